The molecule has 3 aliphatic rings. The van der Waals surface area contributed by atoms with E-state index in [9.17, 15) is 0 Å². The molecule has 0 unspecified atom stereocenters. The Morgan fingerprint density at radius 3 is 2.93 bits per heavy atom. The summed E-state index contributed by atoms with van der Waals surface area (Å²) in [5.74, 6) is 0. The molecule has 0 saturated carbocycles. The molecule has 0 heteroatoms. The van der Waals surface area contributed by atoms with Crippen molar-refractivity contribution in [2.24, 2.45) is 0 Å². The van der Waals surface area contributed by atoms with Crippen LogP contribution in [0.25, 0.3) is 0 Å². The summed E-state index contributed by atoms with van der Waals surface area (Å²) in [6.45, 7) is 0. The summed E-state index contributed by atoms with van der Waals surface area (Å²) < 4.78 is 0. The van der Waals surface area contributed by atoms with E-state index < -0.39 is 0 Å². The van der Waals surface area contributed by atoms with Gasteiger partial charge < -0.3 is 0 Å². The van der Waals surface area contributed by atoms with Crippen LogP contribution in [0.1, 0.15) is 32.1 Å². The lowest BCUT2D eigenvalue weighted by Crippen LogP contribution is -2.08. The Labute approximate surface area is 91.4 Å². The van der Waals surface area contributed by atoms with Gasteiger partial charge in [-0.3, -0.25) is 0 Å². The molecule has 0 bridgehead atoms. The fraction of sp³-hybridized carbons (Fsp3) is 0.333. The van der Waals surface area contributed by atoms with Crippen molar-refractivity contribution in [3.8, 4) is 0 Å². The van der Waals surface area contributed by atoms with Crippen LogP contribution in [-0.4, -0.2) is 0 Å². The van der Waals surface area contributed by atoms with E-state index in [1.165, 1.54) is 37.7 Å². The topological polar surface area (TPSA) is 0 Å². The minimum absolute atomic E-state index is 1.23. The lowest BCUT2D eigenvalue weighted by atomic mass is 9.78. The van der Waals surface area contributed by atoms with Gasteiger partial charge in [0, 0.05) is 0 Å². The van der Waals surface area contributed by atoms with Crippen LogP contribution in [0.15, 0.2) is 58.7 Å². The number of rotatable bonds is 0. The minimum atomic E-state index is 1.23. The van der Waals surface area contributed by atoms with Crippen molar-refractivity contribution in [2.45, 2.75) is 32.1 Å². The van der Waals surface area contributed by atoms with Gasteiger partial charge in [-0.2, -0.15) is 0 Å². The second-order valence-electron chi connectivity index (χ2n) is 4.47. The van der Waals surface area contributed by atoms with Gasteiger partial charge in [0.2, 0.25) is 0 Å². The molecule has 0 fully saturated rings. The van der Waals surface area contributed by atoms with Crippen molar-refractivity contribution in [1.29, 1.82) is 0 Å². The first-order chi connectivity index (χ1) is 7.45. The molecule has 0 amide bonds. The fourth-order valence-electron chi connectivity index (χ4n) is 2.83. The van der Waals surface area contributed by atoms with E-state index >= 15 is 0 Å². The van der Waals surface area contributed by atoms with Crippen LogP contribution in [0, 0.1) is 0 Å². The Balaban J connectivity index is 2.18. The van der Waals surface area contributed by atoms with E-state index in [1.807, 2.05) is 0 Å². The van der Waals surface area contributed by atoms with Crippen molar-refractivity contribution in [3.05, 3.63) is 58.7 Å². The Morgan fingerprint density at radius 2 is 1.93 bits per heavy atom. The third-order valence-corrected chi connectivity index (χ3v) is 3.49. The van der Waals surface area contributed by atoms with Gasteiger partial charge in [-0.25, -0.2) is 0 Å². The summed E-state index contributed by atoms with van der Waals surface area (Å²) in [5, 5.41) is 0. The molecule has 3 rings (SSSR count). The number of hydrogen-bond donors (Lipinski definition) is 0. The molecule has 0 saturated heterocycles. The van der Waals surface area contributed by atoms with E-state index in [0.29, 0.717) is 0 Å². The second-order valence-corrected chi connectivity index (χ2v) is 4.47. The van der Waals surface area contributed by atoms with Crippen LogP contribution in [0.2, 0.25) is 0 Å². The lowest BCUT2D eigenvalue weighted by Gasteiger charge is -2.27. The van der Waals surface area contributed by atoms with E-state index in [2.05, 4.69) is 36.5 Å². The van der Waals surface area contributed by atoms with Gasteiger partial charge in [0.05, 0.1) is 0 Å². The van der Waals surface area contributed by atoms with Crippen molar-refractivity contribution in [3.63, 3.8) is 0 Å². The Hall–Kier alpha value is -1.30. The van der Waals surface area contributed by atoms with E-state index in [4.69, 9.17) is 0 Å². The van der Waals surface area contributed by atoms with Gasteiger partial charge in [0.1, 0.15) is 0 Å². The highest BCUT2D eigenvalue weighted by molar-refractivity contribution is 5.59. The maximum atomic E-state index is 2.40. The minimum Gasteiger partial charge on any atom is -0.0763 e. The highest BCUT2D eigenvalue weighted by Crippen LogP contribution is 2.40. The van der Waals surface area contributed by atoms with E-state index in [-0.39, 0.29) is 0 Å². The van der Waals surface area contributed by atoms with Crippen molar-refractivity contribution >= 4 is 0 Å². The Kier molecular flexibility index (Phi) is 2.21. The van der Waals surface area contributed by atoms with Crippen LogP contribution in [0.4, 0.5) is 0 Å². The third kappa shape index (κ3) is 1.54. The fourth-order valence-corrected chi connectivity index (χ4v) is 2.83. The smallest absolute Gasteiger partial charge is 0.0163 e. The zero-order valence-corrected chi connectivity index (χ0v) is 9.00. The molecule has 0 heterocycles. The highest BCUT2D eigenvalue weighted by Gasteiger charge is 2.21. The summed E-state index contributed by atoms with van der Waals surface area (Å²) in [5.41, 5.74) is 6.30. The molecule has 0 aromatic carbocycles. The Morgan fingerprint density at radius 1 is 0.933 bits per heavy atom. The highest BCUT2D eigenvalue weighted by atomic mass is 14.3. The standard InChI is InChI=1S/C15H16/c1-2-6-12-8-4-10-14-11-5-9-13(7-3-1)15(12)14/h1-3,6-8H,4-5,9-11H2/b3-1-,6-2-,13-7-. The maximum Gasteiger partial charge on any atom is -0.0163 e. The van der Waals surface area contributed by atoms with Gasteiger partial charge in [0.25, 0.3) is 0 Å². The van der Waals surface area contributed by atoms with Crippen LogP contribution in [-0.2, 0) is 0 Å². The van der Waals surface area contributed by atoms with Crippen molar-refractivity contribution in [1.82, 2.24) is 0 Å². The van der Waals surface area contributed by atoms with Gasteiger partial charge in [0.15, 0.2) is 0 Å². The molecule has 0 N–H and O–H groups in total. The number of allylic oxidation sites excluding steroid dienone is 10. The zero-order chi connectivity index (χ0) is 10.1. The van der Waals surface area contributed by atoms with Gasteiger partial charge in [-0.05, 0) is 48.8 Å². The molecular formula is C15H16. The first-order valence-electron chi connectivity index (χ1n) is 5.92. The van der Waals surface area contributed by atoms with Gasteiger partial charge in [-0.1, -0.05) is 42.0 Å². The van der Waals surface area contributed by atoms with Crippen LogP contribution in [0.5, 0.6) is 0 Å². The molecular weight excluding hydrogens is 180 g/mol. The third-order valence-electron chi connectivity index (χ3n) is 3.49. The second kappa shape index (κ2) is 3.69. The lowest BCUT2D eigenvalue weighted by molar-refractivity contribution is 0.717. The summed E-state index contributed by atoms with van der Waals surface area (Å²) >= 11 is 0. The van der Waals surface area contributed by atoms with Crippen LogP contribution >= 0.6 is 0 Å². The summed E-state index contributed by atoms with van der Waals surface area (Å²) in [4.78, 5) is 0. The summed E-state index contributed by atoms with van der Waals surface area (Å²) in [7, 11) is 0. The van der Waals surface area contributed by atoms with Gasteiger partial charge in [-0.15, -0.1) is 0 Å². The molecule has 0 aliphatic heterocycles. The van der Waals surface area contributed by atoms with Crippen LogP contribution < -0.4 is 0 Å². The van der Waals surface area contributed by atoms with Gasteiger partial charge >= 0.3 is 0 Å². The largest absolute Gasteiger partial charge is 0.0763 e. The normalized spacial score (nSPS) is 31.7. The molecule has 0 atom stereocenters. The molecule has 0 spiro atoms. The molecule has 0 aromatic heterocycles. The Bertz CT molecular complexity index is 425. The predicted octanol–water partition coefficient (Wildman–Crippen LogP) is 4.24. The molecule has 0 nitrogen and oxygen atoms in total. The SMILES string of the molecule is C1=C2\C=C/C=C\C=C3\CCCC(=C23)CC1. The van der Waals surface area contributed by atoms with Crippen molar-refractivity contribution in [2.75, 3.05) is 0 Å². The molecule has 76 valence electrons. The van der Waals surface area contributed by atoms with Crippen LogP contribution in [0.3, 0.4) is 0 Å². The number of hydrogen-bond acceptors (Lipinski definition) is 0. The first kappa shape index (κ1) is 8.96. The van der Waals surface area contributed by atoms with E-state index in [1.54, 1.807) is 16.7 Å². The quantitative estimate of drug-likeness (QED) is 0.543. The molecule has 0 aromatic rings. The van der Waals surface area contributed by atoms with Crippen molar-refractivity contribution < 1.29 is 0 Å². The monoisotopic (exact) mass is 196 g/mol. The first-order valence-corrected chi connectivity index (χ1v) is 5.92. The van der Waals surface area contributed by atoms with E-state index in [0.717, 1.165) is 0 Å². The molecule has 0 radical (unpaired) electrons. The average Bonchev–Trinajstić information content (AvgIpc) is 2.25. The predicted molar refractivity (Wildman–Crippen MR) is 64.6 cm³/mol. The zero-order valence-electron chi connectivity index (χ0n) is 9.00. The average molecular weight is 196 g/mol. The molecule has 15 heavy (non-hydrogen) atoms. The molecule has 3 aliphatic carbocycles. The summed E-state index contributed by atoms with van der Waals surface area (Å²) in [6, 6.07) is 0. The maximum absolute atomic E-state index is 2.40. The summed E-state index contributed by atoms with van der Waals surface area (Å²) in [6.07, 6.45) is 19.9.